The van der Waals surface area contributed by atoms with E-state index in [2.05, 4.69) is 31.9 Å². The van der Waals surface area contributed by atoms with Gasteiger partial charge in [0.2, 0.25) is 0 Å². The van der Waals surface area contributed by atoms with Crippen molar-refractivity contribution in [1.29, 1.82) is 0 Å². The summed E-state index contributed by atoms with van der Waals surface area (Å²) in [6.45, 7) is 0. The van der Waals surface area contributed by atoms with Gasteiger partial charge in [-0.1, -0.05) is 37.9 Å². The molecule has 0 heterocycles. The first kappa shape index (κ1) is 10.2. The number of alkyl halides is 1. The van der Waals surface area contributed by atoms with E-state index in [0.717, 1.165) is 0 Å². The minimum absolute atomic E-state index is 0.313. The molecule has 0 aliphatic rings. The topological polar surface area (TPSA) is 20.2 Å². The molecule has 0 saturated heterocycles. The van der Waals surface area contributed by atoms with E-state index in [1.54, 1.807) is 6.07 Å². The van der Waals surface area contributed by atoms with Gasteiger partial charge in [0.25, 0.3) is 0 Å². The van der Waals surface area contributed by atoms with Crippen molar-refractivity contribution < 1.29 is 9.50 Å². The highest BCUT2D eigenvalue weighted by atomic mass is 79.9. The Hall–Kier alpha value is 0.0700. The first-order valence-corrected chi connectivity index (χ1v) is 5.25. The minimum Gasteiger partial charge on any atom is -0.388 e. The molecule has 0 amide bonds. The van der Waals surface area contributed by atoms with Crippen molar-refractivity contribution in [2.75, 3.05) is 5.33 Å². The summed E-state index contributed by atoms with van der Waals surface area (Å²) in [5, 5.41) is 9.84. The van der Waals surface area contributed by atoms with Gasteiger partial charge in [0, 0.05) is 9.80 Å². The smallest absolute Gasteiger partial charge is 0.124 e. The van der Waals surface area contributed by atoms with Crippen LogP contribution in [-0.2, 0) is 0 Å². The van der Waals surface area contributed by atoms with E-state index in [1.807, 2.05) is 0 Å². The second kappa shape index (κ2) is 4.35. The van der Waals surface area contributed by atoms with E-state index in [-0.39, 0.29) is 5.82 Å². The van der Waals surface area contributed by atoms with Crippen molar-refractivity contribution >= 4 is 31.9 Å². The van der Waals surface area contributed by atoms with Crippen LogP contribution in [0, 0.1) is 5.82 Å². The third-order valence-corrected chi connectivity index (χ3v) is 2.77. The van der Waals surface area contributed by atoms with E-state index >= 15 is 0 Å². The number of hydrogen-bond donors (Lipinski definition) is 1. The lowest BCUT2D eigenvalue weighted by Crippen LogP contribution is -1.99. The first-order valence-electron chi connectivity index (χ1n) is 3.34. The second-order valence-electron chi connectivity index (χ2n) is 2.34. The lowest BCUT2D eigenvalue weighted by molar-refractivity contribution is 0.204. The highest BCUT2D eigenvalue weighted by Crippen LogP contribution is 2.25. The van der Waals surface area contributed by atoms with Crippen LogP contribution in [0.4, 0.5) is 4.39 Å². The van der Waals surface area contributed by atoms with Crippen LogP contribution in [0.2, 0.25) is 0 Å². The summed E-state index contributed by atoms with van der Waals surface area (Å²) in [6, 6.07) is 4.22. The zero-order chi connectivity index (χ0) is 9.14. The first-order chi connectivity index (χ1) is 5.65. The van der Waals surface area contributed by atoms with Crippen molar-refractivity contribution in [1.82, 2.24) is 0 Å². The van der Waals surface area contributed by atoms with Gasteiger partial charge >= 0.3 is 0 Å². The molecule has 1 aromatic carbocycles. The maximum atomic E-state index is 12.6. The Kier molecular flexibility index (Phi) is 3.68. The van der Waals surface area contributed by atoms with Gasteiger partial charge in [-0.15, -0.1) is 0 Å². The average molecular weight is 298 g/mol. The number of aliphatic hydroxyl groups is 1. The monoisotopic (exact) mass is 296 g/mol. The second-order valence-corrected chi connectivity index (χ2v) is 3.84. The lowest BCUT2D eigenvalue weighted by Gasteiger charge is -2.08. The van der Waals surface area contributed by atoms with Crippen molar-refractivity contribution in [2.45, 2.75) is 6.10 Å². The Bertz CT molecular complexity index is 278. The predicted molar refractivity (Wildman–Crippen MR) is 52.9 cm³/mol. The summed E-state index contributed by atoms with van der Waals surface area (Å²) in [6.07, 6.45) is -0.597. The molecule has 1 rings (SSSR count). The molecule has 4 heteroatoms. The molecule has 1 unspecified atom stereocenters. The summed E-state index contributed by atoms with van der Waals surface area (Å²) in [5.74, 6) is -0.313. The third kappa shape index (κ3) is 2.28. The Morgan fingerprint density at radius 3 is 2.67 bits per heavy atom. The van der Waals surface area contributed by atoms with Crippen molar-refractivity contribution in [3.63, 3.8) is 0 Å². The van der Waals surface area contributed by atoms with Gasteiger partial charge in [0.15, 0.2) is 0 Å². The SMILES string of the molecule is OC(CBr)c1ccc(F)cc1Br. The van der Waals surface area contributed by atoms with Crippen molar-refractivity contribution in [3.8, 4) is 0 Å². The number of rotatable bonds is 2. The van der Waals surface area contributed by atoms with Crippen molar-refractivity contribution in [3.05, 3.63) is 34.1 Å². The largest absolute Gasteiger partial charge is 0.388 e. The van der Waals surface area contributed by atoms with Crippen LogP contribution in [0.5, 0.6) is 0 Å². The van der Waals surface area contributed by atoms with Gasteiger partial charge < -0.3 is 5.11 Å². The van der Waals surface area contributed by atoms with E-state index in [1.165, 1.54) is 12.1 Å². The molecule has 0 bridgehead atoms. The van der Waals surface area contributed by atoms with E-state index in [4.69, 9.17) is 0 Å². The minimum atomic E-state index is -0.597. The number of halogens is 3. The molecule has 1 aromatic rings. The van der Waals surface area contributed by atoms with E-state index in [9.17, 15) is 9.50 Å². The number of aliphatic hydroxyl groups excluding tert-OH is 1. The summed E-state index contributed by atoms with van der Waals surface area (Å²) >= 11 is 6.31. The maximum Gasteiger partial charge on any atom is 0.124 e. The van der Waals surface area contributed by atoms with Crippen LogP contribution >= 0.6 is 31.9 Å². The highest BCUT2D eigenvalue weighted by Gasteiger charge is 2.09. The van der Waals surface area contributed by atoms with E-state index in [0.29, 0.717) is 15.4 Å². The molecule has 1 N–H and O–H groups in total. The summed E-state index contributed by atoms with van der Waals surface area (Å²) in [5.41, 5.74) is 0.688. The zero-order valence-electron chi connectivity index (χ0n) is 6.10. The van der Waals surface area contributed by atoms with Gasteiger partial charge in [-0.2, -0.15) is 0 Å². The van der Waals surface area contributed by atoms with Crippen LogP contribution in [0.25, 0.3) is 0 Å². The normalized spacial score (nSPS) is 13.0. The highest BCUT2D eigenvalue weighted by molar-refractivity contribution is 9.10. The molecule has 66 valence electrons. The average Bonchev–Trinajstić information content (AvgIpc) is 2.03. The van der Waals surface area contributed by atoms with Gasteiger partial charge in [0.05, 0.1) is 6.10 Å². The number of benzene rings is 1. The summed E-state index contributed by atoms with van der Waals surface area (Å²) in [7, 11) is 0. The fourth-order valence-electron chi connectivity index (χ4n) is 0.855. The van der Waals surface area contributed by atoms with Gasteiger partial charge in [0.1, 0.15) is 5.82 Å². The molecule has 1 atom stereocenters. The lowest BCUT2D eigenvalue weighted by atomic mass is 10.1. The molecular formula is C8H7Br2FO. The molecule has 12 heavy (non-hydrogen) atoms. The Labute approximate surface area is 86.9 Å². The van der Waals surface area contributed by atoms with Crippen LogP contribution < -0.4 is 0 Å². The standard InChI is InChI=1S/C8H7Br2FO/c9-4-8(12)6-2-1-5(11)3-7(6)10/h1-3,8,12H,4H2. The van der Waals surface area contributed by atoms with E-state index < -0.39 is 6.10 Å². The third-order valence-electron chi connectivity index (χ3n) is 1.47. The molecule has 0 aliphatic carbocycles. The summed E-state index contributed by atoms with van der Waals surface area (Å²) < 4.78 is 13.2. The van der Waals surface area contributed by atoms with Crippen molar-refractivity contribution in [2.24, 2.45) is 0 Å². The molecule has 0 aliphatic heterocycles. The number of hydrogen-bond acceptors (Lipinski definition) is 1. The Morgan fingerprint density at radius 1 is 1.50 bits per heavy atom. The van der Waals surface area contributed by atoms with Gasteiger partial charge in [-0.05, 0) is 17.7 Å². The fraction of sp³-hybridized carbons (Fsp3) is 0.250. The maximum absolute atomic E-state index is 12.6. The molecule has 0 aromatic heterocycles. The Morgan fingerprint density at radius 2 is 2.17 bits per heavy atom. The molecular weight excluding hydrogens is 291 g/mol. The molecule has 1 nitrogen and oxygen atoms in total. The molecule has 0 radical (unpaired) electrons. The molecule has 0 saturated carbocycles. The predicted octanol–water partition coefficient (Wildman–Crippen LogP) is 3.02. The quantitative estimate of drug-likeness (QED) is 0.832. The van der Waals surface area contributed by atoms with Crippen LogP contribution in [0.15, 0.2) is 22.7 Å². The van der Waals surface area contributed by atoms with Crippen LogP contribution in [0.1, 0.15) is 11.7 Å². The summed E-state index contributed by atoms with van der Waals surface area (Å²) in [4.78, 5) is 0. The zero-order valence-corrected chi connectivity index (χ0v) is 9.27. The molecule has 0 spiro atoms. The van der Waals surface area contributed by atoms with Gasteiger partial charge in [-0.3, -0.25) is 0 Å². The van der Waals surface area contributed by atoms with Crippen LogP contribution in [0.3, 0.4) is 0 Å². The van der Waals surface area contributed by atoms with Gasteiger partial charge in [-0.25, -0.2) is 4.39 Å². The fourth-order valence-corrected chi connectivity index (χ4v) is 1.82. The Balaban J connectivity index is 3.01. The molecule has 0 fully saturated rings. The van der Waals surface area contributed by atoms with Crippen LogP contribution in [-0.4, -0.2) is 10.4 Å².